The van der Waals surface area contributed by atoms with Gasteiger partial charge in [0.2, 0.25) is 5.95 Å². The Labute approximate surface area is 152 Å². The fourth-order valence-corrected chi connectivity index (χ4v) is 2.96. The van der Waals surface area contributed by atoms with Gasteiger partial charge in [-0.2, -0.15) is 4.98 Å². The van der Waals surface area contributed by atoms with E-state index < -0.39 is 0 Å². The van der Waals surface area contributed by atoms with Gasteiger partial charge in [0, 0.05) is 30.7 Å². The topological polar surface area (TPSA) is 62.7 Å². The van der Waals surface area contributed by atoms with E-state index in [4.69, 9.17) is 11.6 Å². The molecule has 0 bridgehead atoms. The number of aromatic nitrogens is 3. The van der Waals surface area contributed by atoms with Crippen molar-refractivity contribution in [2.24, 2.45) is 0 Å². The van der Waals surface area contributed by atoms with Crippen LogP contribution in [0.5, 0.6) is 0 Å². The van der Waals surface area contributed by atoms with Crippen molar-refractivity contribution in [3.8, 4) is 0 Å². The summed E-state index contributed by atoms with van der Waals surface area (Å²) in [6, 6.07) is 9.85. The minimum Gasteiger partial charge on any atom is -0.366 e. The van der Waals surface area contributed by atoms with E-state index in [9.17, 15) is 0 Å². The second-order valence-corrected chi connectivity index (χ2v) is 6.40. The molecule has 0 fully saturated rings. The molecule has 25 heavy (non-hydrogen) atoms. The molecule has 0 aliphatic heterocycles. The van der Waals surface area contributed by atoms with Crippen LogP contribution in [0.2, 0.25) is 5.02 Å². The zero-order chi connectivity index (χ0) is 17.8. The smallest absolute Gasteiger partial charge is 0.229 e. The summed E-state index contributed by atoms with van der Waals surface area (Å²) < 4.78 is 0. The lowest BCUT2D eigenvalue weighted by Crippen LogP contribution is -2.06. The SMILES string of the molecule is Cc1cc(C)c(Nc2nc(C)cc(NCc3ccncc3)n2)c(Cl)c1. The Hall–Kier alpha value is -2.66. The first kappa shape index (κ1) is 17.2. The van der Waals surface area contributed by atoms with Crippen molar-refractivity contribution in [2.75, 3.05) is 10.6 Å². The molecule has 0 atom stereocenters. The first-order valence-electron chi connectivity index (χ1n) is 8.03. The molecular weight excluding hydrogens is 334 g/mol. The van der Waals surface area contributed by atoms with Crippen molar-refractivity contribution in [1.82, 2.24) is 15.0 Å². The standard InChI is InChI=1S/C19H20ClN5/c1-12-8-13(2)18(16(20)9-12)25-19-23-14(3)10-17(24-19)22-11-15-4-6-21-7-5-15/h4-10H,11H2,1-3H3,(H2,22,23,24,25). The first-order valence-corrected chi connectivity index (χ1v) is 8.41. The number of hydrogen-bond donors (Lipinski definition) is 2. The van der Waals surface area contributed by atoms with Crippen LogP contribution in [-0.4, -0.2) is 15.0 Å². The molecule has 1 aromatic carbocycles. The molecule has 6 heteroatoms. The molecule has 0 saturated carbocycles. The molecule has 0 unspecified atom stereocenters. The highest BCUT2D eigenvalue weighted by molar-refractivity contribution is 6.33. The number of aryl methyl sites for hydroxylation is 3. The third-order valence-corrected chi connectivity index (χ3v) is 4.04. The number of rotatable bonds is 5. The van der Waals surface area contributed by atoms with Gasteiger partial charge in [-0.1, -0.05) is 17.7 Å². The summed E-state index contributed by atoms with van der Waals surface area (Å²) in [5, 5.41) is 7.22. The highest BCUT2D eigenvalue weighted by atomic mass is 35.5. The Kier molecular flexibility index (Phi) is 5.14. The van der Waals surface area contributed by atoms with Crippen molar-refractivity contribution < 1.29 is 0 Å². The maximum Gasteiger partial charge on any atom is 0.229 e. The molecule has 2 heterocycles. The normalized spacial score (nSPS) is 10.6. The minimum absolute atomic E-state index is 0.520. The number of nitrogens with zero attached hydrogens (tertiary/aromatic N) is 3. The first-order chi connectivity index (χ1) is 12.0. The highest BCUT2D eigenvalue weighted by Crippen LogP contribution is 2.29. The molecule has 128 valence electrons. The Morgan fingerprint density at radius 1 is 1.00 bits per heavy atom. The zero-order valence-corrected chi connectivity index (χ0v) is 15.2. The van der Waals surface area contributed by atoms with Crippen molar-refractivity contribution in [3.63, 3.8) is 0 Å². The lowest BCUT2D eigenvalue weighted by atomic mass is 10.1. The van der Waals surface area contributed by atoms with Crippen molar-refractivity contribution in [1.29, 1.82) is 0 Å². The lowest BCUT2D eigenvalue weighted by Gasteiger charge is -2.13. The van der Waals surface area contributed by atoms with Crippen LogP contribution < -0.4 is 10.6 Å². The third kappa shape index (κ3) is 4.45. The highest BCUT2D eigenvalue weighted by Gasteiger charge is 2.09. The van der Waals surface area contributed by atoms with Crippen LogP contribution in [0.4, 0.5) is 17.5 Å². The second kappa shape index (κ2) is 7.49. The Morgan fingerprint density at radius 2 is 1.76 bits per heavy atom. The Morgan fingerprint density at radius 3 is 2.48 bits per heavy atom. The van der Waals surface area contributed by atoms with Crippen molar-refractivity contribution >= 4 is 29.1 Å². The van der Waals surface area contributed by atoms with Gasteiger partial charge in [-0.05, 0) is 55.7 Å². The van der Waals surface area contributed by atoms with E-state index in [0.717, 1.165) is 33.9 Å². The average molecular weight is 354 g/mol. The molecular formula is C19H20ClN5. The lowest BCUT2D eigenvalue weighted by molar-refractivity contribution is 1.05. The van der Waals surface area contributed by atoms with Gasteiger partial charge in [0.05, 0.1) is 10.7 Å². The minimum atomic E-state index is 0.520. The molecule has 0 spiro atoms. The summed E-state index contributed by atoms with van der Waals surface area (Å²) in [7, 11) is 0. The third-order valence-electron chi connectivity index (χ3n) is 3.75. The van der Waals surface area contributed by atoms with Gasteiger partial charge in [-0.25, -0.2) is 4.98 Å². The van der Waals surface area contributed by atoms with Crippen LogP contribution in [0.3, 0.4) is 0 Å². The van der Waals surface area contributed by atoms with E-state index in [-0.39, 0.29) is 0 Å². The summed E-state index contributed by atoms with van der Waals surface area (Å²) in [6.45, 7) is 6.64. The molecule has 0 aliphatic carbocycles. The van der Waals surface area contributed by atoms with E-state index in [2.05, 4.69) is 31.7 Å². The predicted octanol–water partition coefficient (Wildman–Crippen LogP) is 4.81. The number of nitrogens with one attached hydrogen (secondary N) is 2. The van der Waals surface area contributed by atoms with E-state index >= 15 is 0 Å². The average Bonchev–Trinajstić information content (AvgIpc) is 2.57. The van der Waals surface area contributed by atoms with Gasteiger partial charge in [-0.3, -0.25) is 4.98 Å². The van der Waals surface area contributed by atoms with Crippen LogP contribution in [0.1, 0.15) is 22.4 Å². The molecule has 2 N–H and O–H groups in total. The van der Waals surface area contributed by atoms with Crippen LogP contribution in [-0.2, 0) is 6.54 Å². The maximum atomic E-state index is 6.37. The number of hydrogen-bond acceptors (Lipinski definition) is 5. The van der Waals surface area contributed by atoms with E-state index in [1.165, 1.54) is 0 Å². The largest absolute Gasteiger partial charge is 0.366 e. The fraction of sp³-hybridized carbons (Fsp3) is 0.211. The number of benzene rings is 1. The Balaban J connectivity index is 1.80. The molecule has 3 aromatic rings. The number of pyridine rings is 1. The van der Waals surface area contributed by atoms with Gasteiger partial charge in [0.1, 0.15) is 5.82 Å². The number of halogens is 1. The molecule has 0 saturated heterocycles. The quantitative estimate of drug-likeness (QED) is 0.689. The van der Waals surface area contributed by atoms with Gasteiger partial charge in [-0.15, -0.1) is 0 Å². The molecule has 2 aromatic heterocycles. The van der Waals surface area contributed by atoms with E-state index in [0.29, 0.717) is 17.5 Å². The molecule has 5 nitrogen and oxygen atoms in total. The zero-order valence-electron chi connectivity index (χ0n) is 14.5. The van der Waals surface area contributed by atoms with Crippen LogP contribution in [0, 0.1) is 20.8 Å². The van der Waals surface area contributed by atoms with Crippen LogP contribution >= 0.6 is 11.6 Å². The van der Waals surface area contributed by atoms with Gasteiger partial charge >= 0.3 is 0 Å². The number of anilines is 3. The maximum absolute atomic E-state index is 6.37. The van der Waals surface area contributed by atoms with Gasteiger partial charge in [0.15, 0.2) is 0 Å². The predicted molar refractivity (Wildman–Crippen MR) is 103 cm³/mol. The monoisotopic (exact) mass is 353 g/mol. The van der Waals surface area contributed by atoms with Gasteiger partial charge in [0.25, 0.3) is 0 Å². The van der Waals surface area contributed by atoms with Crippen LogP contribution in [0.15, 0.2) is 42.7 Å². The summed E-state index contributed by atoms with van der Waals surface area (Å²) in [5.41, 5.74) is 5.02. The summed E-state index contributed by atoms with van der Waals surface area (Å²) >= 11 is 6.37. The van der Waals surface area contributed by atoms with E-state index in [1.807, 2.05) is 45.0 Å². The van der Waals surface area contributed by atoms with Crippen molar-refractivity contribution in [3.05, 3.63) is 70.1 Å². The molecule has 0 aliphatic rings. The van der Waals surface area contributed by atoms with Gasteiger partial charge < -0.3 is 10.6 Å². The van der Waals surface area contributed by atoms with Crippen molar-refractivity contribution in [2.45, 2.75) is 27.3 Å². The van der Waals surface area contributed by atoms with Crippen LogP contribution in [0.25, 0.3) is 0 Å². The fourth-order valence-electron chi connectivity index (χ4n) is 2.59. The summed E-state index contributed by atoms with van der Waals surface area (Å²) in [4.78, 5) is 13.0. The second-order valence-electron chi connectivity index (χ2n) is 5.99. The molecule has 0 amide bonds. The Bertz CT molecular complexity index is 857. The summed E-state index contributed by atoms with van der Waals surface area (Å²) in [6.07, 6.45) is 3.55. The molecule has 3 rings (SSSR count). The van der Waals surface area contributed by atoms with E-state index in [1.54, 1.807) is 12.4 Å². The summed E-state index contributed by atoms with van der Waals surface area (Å²) in [5.74, 6) is 1.28. The molecule has 0 radical (unpaired) electrons.